The number of benzene rings is 1. The minimum atomic E-state index is 0.683. The Hall–Kier alpha value is -1.04. The molecule has 1 aromatic carbocycles. The lowest BCUT2D eigenvalue weighted by molar-refractivity contribution is 0.668. The van der Waals surface area contributed by atoms with Gasteiger partial charge in [-0.2, -0.15) is 0 Å². The Morgan fingerprint density at radius 2 is 1.88 bits per heavy atom. The quantitative estimate of drug-likeness (QED) is 0.597. The number of rotatable bonds is 5. The van der Waals surface area contributed by atoms with Crippen molar-refractivity contribution in [2.24, 2.45) is 0 Å². The van der Waals surface area contributed by atoms with Crippen LogP contribution < -0.4 is 0 Å². The predicted octanol–water partition coefficient (Wildman–Crippen LogP) is 5.15. The van der Waals surface area contributed by atoms with Gasteiger partial charge < -0.3 is 0 Å². The van der Waals surface area contributed by atoms with Gasteiger partial charge in [0.1, 0.15) is 0 Å². The van der Waals surface area contributed by atoms with E-state index in [0.717, 1.165) is 6.42 Å². The topological polar surface area (TPSA) is 0 Å². The van der Waals surface area contributed by atoms with Crippen molar-refractivity contribution in [3.05, 3.63) is 47.0 Å². The molecule has 0 fully saturated rings. The Morgan fingerprint density at radius 1 is 1.12 bits per heavy atom. The summed E-state index contributed by atoms with van der Waals surface area (Å²) in [5.41, 5.74) is 4.34. The third kappa shape index (κ3) is 3.52. The van der Waals surface area contributed by atoms with Gasteiger partial charge >= 0.3 is 0 Å². The minimum Gasteiger partial charge on any atom is -0.0888 e. The molecule has 0 nitrogen and oxygen atoms in total. The molecule has 0 aliphatic heterocycles. The first-order valence-electron chi connectivity index (χ1n) is 6.41. The summed E-state index contributed by atoms with van der Waals surface area (Å²) < 4.78 is 0. The van der Waals surface area contributed by atoms with Gasteiger partial charge in [-0.1, -0.05) is 49.8 Å². The highest BCUT2D eigenvalue weighted by molar-refractivity contribution is 5.33. The molecule has 0 N–H and O–H groups in total. The first kappa shape index (κ1) is 13.0. The maximum Gasteiger partial charge on any atom is -0.0127 e. The molecule has 0 aliphatic carbocycles. The van der Waals surface area contributed by atoms with Crippen LogP contribution in [0.25, 0.3) is 0 Å². The van der Waals surface area contributed by atoms with E-state index in [1.54, 1.807) is 0 Å². The van der Waals surface area contributed by atoms with Crippen molar-refractivity contribution in [1.82, 2.24) is 0 Å². The summed E-state index contributed by atoms with van der Waals surface area (Å²) in [4.78, 5) is 0. The molecule has 1 aromatic rings. The van der Waals surface area contributed by atoms with Crippen molar-refractivity contribution >= 4 is 0 Å². The molecule has 0 aromatic heterocycles. The van der Waals surface area contributed by atoms with Crippen LogP contribution in [0.3, 0.4) is 0 Å². The van der Waals surface area contributed by atoms with Crippen LogP contribution in [0.2, 0.25) is 0 Å². The summed E-state index contributed by atoms with van der Waals surface area (Å²) in [6, 6.07) is 6.80. The first-order valence-corrected chi connectivity index (χ1v) is 6.41. The fourth-order valence-electron chi connectivity index (χ4n) is 2.14. The Morgan fingerprint density at radius 3 is 2.50 bits per heavy atom. The Bertz CT molecular complexity index is 347. The van der Waals surface area contributed by atoms with Crippen molar-refractivity contribution in [2.75, 3.05) is 0 Å². The number of hydrogen-bond donors (Lipinski definition) is 0. The average Bonchev–Trinajstić information content (AvgIpc) is 2.28. The van der Waals surface area contributed by atoms with Crippen LogP contribution in [0, 0.1) is 13.8 Å². The molecule has 88 valence electrons. The van der Waals surface area contributed by atoms with Gasteiger partial charge in [0.25, 0.3) is 0 Å². The lowest BCUT2D eigenvalue weighted by Gasteiger charge is -2.16. The van der Waals surface area contributed by atoms with Crippen molar-refractivity contribution in [1.29, 1.82) is 0 Å². The van der Waals surface area contributed by atoms with Crippen molar-refractivity contribution < 1.29 is 0 Å². The Kier molecular flexibility index (Phi) is 5.31. The maximum absolute atomic E-state index is 2.35. The average molecular weight is 216 g/mol. The predicted molar refractivity (Wildman–Crippen MR) is 73.0 cm³/mol. The first-order chi connectivity index (χ1) is 7.69. The molecule has 0 saturated heterocycles. The smallest absolute Gasteiger partial charge is 0.0127 e. The maximum atomic E-state index is 2.35. The third-order valence-corrected chi connectivity index (χ3v) is 3.19. The van der Waals surface area contributed by atoms with E-state index in [9.17, 15) is 0 Å². The summed E-state index contributed by atoms with van der Waals surface area (Å²) in [6.07, 6.45) is 8.14. The highest BCUT2D eigenvalue weighted by Gasteiger charge is 2.10. The van der Waals surface area contributed by atoms with Crippen LogP contribution in [-0.4, -0.2) is 0 Å². The van der Waals surface area contributed by atoms with Crippen LogP contribution in [0.5, 0.6) is 0 Å². The number of allylic oxidation sites excluding steroid dienone is 2. The van der Waals surface area contributed by atoms with Gasteiger partial charge in [0.15, 0.2) is 0 Å². The fraction of sp³-hybridized carbons (Fsp3) is 0.500. The molecule has 16 heavy (non-hydrogen) atoms. The van der Waals surface area contributed by atoms with E-state index in [2.05, 4.69) is 58.0 Å². The molecule has 0 saturated carbocycles. The van der Waals surface area contributed by atoms with E-state index in [4.69, 9.17) is 0 Å². The second-order valence-corrected chi connectivity index (χ2v) is 4.58. The molecule has 0 aliphatic rings. The van der Waals surface area contributed by atoms with E-state index in [1.165, 1.54) is 29.5 Å². The lowest BCUT2D eigenvalue weighted by atomic mass is 9.89. The third-order valence-electron chi connectivity index (χ3n) is 3.19. The van der Waals surface area contributed by atoms with Gasteiger partial charge in [-0.15, -0.1) is 0 Å². The van der Waals surface area contributed by atoms with E-state index in [0.29, 0.717) is 5.92 Å². The zero-order valence-corrected chi connectivity index (χ0v) is 11.1. The second kappa shape index (κ2) is 6.52. The molecule has 1 rings (SSSR count). The van der Waals surface area contributed by atoms with Gasteiger partial charge in [0, 0.05) is 0 Å². The van der Waals surface area contributed by atoms with E-state index in [1.807, 2.05) is 0 Å². The van der Waals surface area contributed by atoms with Gasteiger partial charge in [-0.25, -0.2) is 0 Å². The van der Waals surface area contributed by atoms with Gasteiger partial charge in [-0.3, -0.25) is 0 Å². The van der Waals surface area contributed by atoms with Crippen LogP contribution in [-0.2, 0) is 0 Å². The standard InChI is InChI=1S/C16H24/c1-5-7-8-9-15(6-2)16-12-13(3)10-11-14(16)4/h7-8,10-12,15H,5-6,9H2,1-4H3/b8-7-. The molecule has 0 heterocycles. The van der Waals surface area contributed by atoms with Crippen LogP contribution in [0.4, 0.5) is 0 Å². The molecular formula is C16H24. The van der Waals surface area contributed by atoms with Gasteiger partial charge in [0.05, 0.1) is 0 Å². The highest BCUT2D eigenvalue weighted by Crippen LogP contribution is 2.27. The molecule has 0 bridgehead atoms. The summed E-state index contributed by atoms with van der Waals surface area (Å²) in [7, 11) is 0. The molecule has 1 atom stereocenters. The van der Waals surface area contributed by atoms with Crippen LogP contribution >= 0.6 is 0 Å². The van der Waals surface area contributed by atoms with Crippen molar-refractivity contribution in [2.45, 2.75) is 52.9 Å². The molecule has 0 heteroatoms. The molecule has 1 unspecified atom stereocenters. The molecular weight excluding hydrogens is 192 g/mol. The fourth-order valence-corrected chi connectivity index (χ4v) is 2.14. The largest absolute Gasteiger partial charge is 0.0888 e. The van der Waals surface area contributed by atoms with Gasteiger partial charge in [0.2, 0.25) is 0 Å². The summed E-state index contributed by atoms with van der Waals surface area (Å²) >= 11 is 0. The zero-order valence-electron chi connectivity index (χ0n) is 11.1. The normalized spacial score (nSPS) is 13.2. The molecule has 0 spiro atoms. The highest BCUT2D eigenvalue weighted by atomic mass is 14.1. The summed E-state index contributed by atoms with van der Waals surface area (Å²) in [5, 5.41) is 0. The second-order valence-electron chi connectivity index (χ2n) is 4.58. The lowest BCUT2D eigenvalue weighted by Crippen LogP contribution is -1.99. The summed E-state index contributed by atoms with van der Waals surface area (Å²) in [6.45, 7) is 8.88. The van der Waals surface area contributed by atoms with E-state index < -0.39 is 0 Å². The monoisotopic (exact) mass is 216 g/mol. The van der Waals surface area contributed by atoms with Crippen LogP contribution in [0.1, 0.15) is 55.7 Å². The van der Waals surface area contributed by atoms with Crippen LogP contribution in [0.15, 0.2) is 30.4 Å². The van der Waals surface area contributed by atoms with Gasteiger partial charge in [-0.05, 0) is 50.2 Å². The van der Waals surface area contributed by atoms with E-state index in [-0.39, 0.29) is 0 Å². The Balaban J connectivity index is 2.85. The van der Waals surface area contributed by atoms with E-state index >= 15 is 0 Å². The summed E-state index contributed by atoms with van der Waals surface area (Å²) in [5.74, 6) is 0.683. The molecule has 0 amide bonds. The van der Waals surface area contributed by atoms with Crippen molar-refractivity contribution in [3.63, 3.8) is 0 Å². The zero-order chi connectivity index (χ0) is 12.0. The number of aryl methyl sites for hydroxylation is 2. The van der Waals surface area contributed by atoms with Crippen molar-refractivity contribution in [3.8, 4) is 0 Å². The number of hydrogen-bond acceptors (Lipinski definition) is 0. The molecule has 0 radical (unpaired) electrons. The minimum absolute atomic E-state index is 0.683. The SMILES string of the molecule is CC/C=C\CC(CC)c1cc(C)ccc1C. The Labute approximate surface area is 100 Å².